The molecule has 0 spiro atoms. The minimum absolute atomic E-state index is 0.0947. The van der Waals surface area contributed by atoms with Crippen molar-refractivity contribution >= 4 is 5.97 Å². The number of rotatable bonds is 5. The Labute approximate surface area is 163 Å². The molecule has 2 rings (SSSR count). The topological polar surface area (TPSA) is 44.1 Å². The fourth-order valence-corrected chi connectivity index (χ4v) is 2.94. The molecular weight excluding hydrogens is 402 g/mol. The predicted octanol–water partition coefficient (Wildman–Crippen LogP) is 5.08. The Kier molecular flexibility index (Phi) is 6.34. The van der Waals surface area contributed by atoms with Crippen molar-refractivity contribution in [1.82, 2.24) is 9.78 Å². The van der Waals surface area contributed by atoms with Gasteiger partial charge in [-0.25, -0.2) is 0 Å². The van der Waals surface area contributed by atoms with Crippen LogP contribution in [0.2, 0.25) is 0 Å². The third-order valence-electron chi connectivity index (χ3n) is 4.62. The molecule has 0 bridgehead atoms. The normalized spacial score (nSPS) is 14.6. The zero-order valence-corrected chi connectivity index (χ0v) is 16.1. The average Bonchev–Trinajstić information content (AvgIpc) is 2.84. The molecule has 2 aromatic rings. The number of ether oxygens (including phenoxy) is 1. The number of carbonyl (C=O) groups excluding carboxylic acids is 1. The van der Waals surface area contributed by atoms with E-state index in [2.05, 4.69) is 9.84 Å². The van der Waals surface area contributed by atoms with E-state index >= 15 is 0 Å². The molecule has 4 nitrogen and oxygen atoms in total. The molecule has 0 aliphatic heterocycles. The van der Waals surface area contributed by atoms with Gasteiger partial charge >= 0.3 is 18.3 Å². The van der Waals surface area contributed by atoms with Gasteiger partial charge in [-0.05, 0) is 38.0 Å². The van der Waals surface area contributed by atoms with Crippen molar-refractivity contribution in [2.24, 2.45) is 13.0 Å². The molecule has 0 saturated carbocycles. The molecule has 1 aromatic carbocycles. The molecule has 0 N–H and O–H groups in total. The summed E-state index contributed by atoms with van der Waals surface area (Å²) < 4.78 is 85.1. The van der Waals surface area contributed by atoms with Crippen LogP contribution in [-0.2, 0) is 29.2 Å². The van der Waals surface area contributed by atoms with Gasteiger partial charge in [0, 0.05) is 18.3 Å². The van der Waals surface area contributed by atoms with Crippen LogP contribution in [0, 0.1) is 19.8 Å². The second-order valence-electron chi connectivity index (χ2n) is 6.86. The van der Waals surface area contributed by atoms with Crippen LogP contribution in [0.15, 0.2) is 24.3 Å². The van der Waals surface area contributed by atoms with E-state index in [-0.39, 0.29) is 6.42 Å². The Bertz CT molecular complexity index is 886. The Morgan fingerprint density at radius 3 is 2.28 bits per heavy atom. The molecule has 160 valence electrons. The number of carbonyl (C=O) groups is 1. The summed E-state index contributed by atoms with van der Waals surface area (Å²) in [5, 5.41) is 4.18. The number of aryl methyl sites for hydroxylation is 2. The monoisotopic (exact) mass is 422 g/mol. The van der Waals surface area contributed by atoms with E-state index in [4.69, 9.17) is 0 Å². The SMILES string of the molecule is Cc1nn(C)c(C)c1C[C@@H](C)C(=O)O[C@H](c1cccc(C(F)(F)F)c1)C(F)(F)F. The molecule has 0 unspecified atom stereocenters. The molecule has 0 fully saturated rings. The molecule has 1 aromatic heterocycles. The number of esters is 1. The second-order valence-corrected chi connectivity index (χ2v) is 6.86. The largest absolute Gasteiger partial charge is 0.447 e. The third-order valence-corrected chi connectivity index (χ3v) is 4.62. The van der Waals surface area contributed by atoms with Crippen molar-refractivity contribution in [3.8, 4) is 0 Å². The van der Waals surface area contributed by atoms with Crippen molar-refractivity contribution in [3.63, 3.8) is 0 Å². The lowest BCUT2D eigenvalue weighted by Gasteiger charge is -2.23. The molecule has 0 radical (unpaired) electrons. The Morgan fingerprint density at radius 2 is 1.79 bits per heavy atom. The van der Waals surface area contributed by atoms with Crippen LogP contribution in [0.25, 0.3) is 0 Å². The summed E-state index contributed by atoms with van der Waals surface area (Å²) >= 11 is 0. The third kappa shape index (κ3) is 5.30. The zero-order chi connectivity index (χ0) is 22.1. The minimum Gasteiger partial charge on any atom is -0.447 e. The zero-order valence-electron chi connectivity index (χ0n) is 16.1. The summed E-state index contributed by atoms with van der Waals surface area (Å²) in [7, 11) is 1.70. The number of hydrogen-bond donors (Lipinski definition) is 0. The van der Waals surface area contributed by atoms with Crippen LogP contribution in [0.3, 0.4) is 0 Å². The van der Waals surface area contributed by atoms with Crippen LogP contribution in [0.5, 0.6) is 0 Å². The second kappa shape index (κ2) is 8.08. The maximum Gasteiger partial charge on any atom is 0.429 e. The summed E-state index contributed by atoms with van der Waals surface area (Å²) in [5.74, 6) is -2.11. The van der Waals surface area contributed by atoms with Gasteiger partial charge in [-0.15, -0.1) is 0 Å². The number of alkyl halides is 6. The maximum absolute atomic E-state index is 13.4. The quantitative estimate of drug-likeness (QED) is 0.499. The standard InChI is InChI=1S/C19H20F6N2O2/c1-10(8-15-11(2)26-27(4)12(15)3)17(28)29-16(19(23,24)25)13-6-5-7-14(9-13)18(20,21)22/h5-7,9-10,16H,8H2,1-4H3/t10-,16-/m1/s1. The highest BCUT2D eigenvalue weighted by Gasteiger charge is 2.45. The van der Waals surface area contributed by atoms with Crippen molar-refractivity contribution in [2.45, 2.75) is 45.6 Å². The minimum atomic E-state index is -5.07. The smallest absolute Gasteiger partial charge is 0.429 e. The van der Waals surface area contributed by atoms with Crippen LogP contribution in [0.1, 0.15) is 41.1 Å². The lowest BCUT2D eigenvalue weighted by molar-refractivity contribution is -0.226. The Hall–Kier alpha value is -2.52. The van der Waals surface area contributed by atoms with E-state index in [0.717, 1.165) is 17.8 Å². The number of halogens is 6. The van der Waals surface area contributed by atoms with Gasteiger partial charge in [-0.2, -0.15) is 31.4 Å². The first-order valence-electron chi connectivity index (χ1n) is 8.65. The summed E-state index contributed by atoms with van der Waals surface area (Å²) in [4.78, 5) is 12.3. The van der Waals surface area contributed by atoms with Gasteiger partial charge in [-0.1, -0.05) is 19.1 Å². The molecule has 1 heterocycles. The van der Waals surface area contributed by atoms with Gasteiger partial charge in [0.05, 0.1) is 17.2 Å². The van der Waals surface area contributed by atoms with E-state index in [1.54, 1.807) is 25.6 Å². The first kappa shape index (κ1) is 22.8. The van der Waals surface area contributed by atoms with E-state index in [1.165, 1.54) is 6.92 Å². The average molecular weight is 422 g/mol. The number of aromatic nitrogens is 2. The van der Waals surface area contributed by atoms with E-state index in [1.807, 2.05) is 0 Å². The van der Waals surface area contributed by atoms with Crippen LogP contribution in [-0.4, -0.2) is 21.9 Å². The molecule has 2 atom stereocenters. The highest BCUT2D eigenvalue weighted by Crippen LogP contribution is 2.39. The Morgan fingerprint density at radius 1 is 1.17 bits per heavy atom. The van der Waals surface area contributed by atoms with Gasteiger partial charge in [0.2, 0.25) is 6.10 Å². The summed E-state index contributed by atoms with van der Waals surface area (Å²) in [6.07, 6.45) is -12.6. The number of nitrogens with zero attached hydrogens (tertiary/aromatic N) is 2. The summed E-state index contributed by atoms with van der Waals surface area (Å²) in [5.41, 5.74) is 0.0541. The van der Waals surface area contributed by atoms with Crippen LogP contribution in [0.4, 0.5) is 26.3 Å². The van der Waals surface area contributed by atoms with Gasteiger partial charge in [0.15, 0.2) is 0 Å². The van der Waals surface area contributed by atoms with Crippen molar-refractivity contribution in [1.29, 1.82) is 0 Å². The molecular formula is C19H20F6N2O2. The highest BCUT2D eigenvalue weighted by molar-refractivity contribution is 5.73. The molecule has 0 aliphatic carbocycles. The van der Waals surface area contributed by atoms with Gasteiger partial charge < -0.3 is 4.74 Å². The molecule has 10 heteroatoms. The van der Waals surface area contributed by atoms with Crippen molar-refractivity contribution in [2.75, 3.05) is 0 Å². The fourth-order valence-electron chi connectivity index (χ4n) is 2.94. The highest BCUT2D eigenvalue weighted by atomic mass is 19.4. The van der Waals surface area contributed by atoms with Crippen LogP contribution >= 0.6 is 0 Å². The van der Waals surface area contributed by atoms with Gasteiger partial charge in [-0.3, -0.25) is 9.48 Å². The molecule has 0 aliphatic rings. The van der Waals surface area contributed by atoms with Crippen LogP contribution < -0.4 is 0 Å². The molecule has 0 amide bonds. The fraction of sp³-hybridized carbons (Fsp3) is 0.474. The molecule has 29 heavy (non-hydrogen) atoms. The number of benzene rings is 1. The van der Waals surface area contributed by atoms with E-state index in [0.29, 0.717) is 23.4 Å². The maximum atomic E-state index is 13.4. The molecule has 0 saturated heterocycles. The van der Waals surface area contributed by atoms with Crippen molar-refractivity contribution in [3.05, 3.63) is 52.3 Å². The lowest BCUT2D eigenvalue weighted by atomic mass is 9.99. The van der Waals surface area contributed by atoms with Crippen molar-refractivity contribution < 1.29 is 35.9 Å². The number of hydrogen-bond acceptors (Lipinski definition) is 3. The van der Waals surface area contributed by atoms with E-state index < -0.39 is 41.5 Å². The van der Waals surface area contributed by atoms with E-state index in [9.17, 15) is 31.1 Å². The Balaban J connectivity index is 2.25. The summed E-state index contributed by atoms with van der Waals surface area (Å²) in [6, 6.07) is 2.68. The summed E-state index contributed by atoms with van der Waals surface area (Å²) in [6.45, 7) is 4.86. The first-order valence-corrected chi connectivity index (χ1v) is 8.65. The predicted molar refractivity (Wildman–Crippen MR) is 91.9 cm³/mol. The van der Waals surface area contributed by atoms with Gasteiger partial charge in [0.1, 0.15) is 0 Å². The van der Waals surface area contributed by atoms with Gasteiger partial charge in [0.25, 0.3) is 0 Å². The lowest BCUT2D eigenvalue weighted by Crippen LogP contribution is -2.29. The first-order chi connectivity index (χ1) is 13.2.